The van der Waals surface area contributed by atoms with Crippen molar-refractivity contribution >= 4 is 45.5 Å². The van der Waals surface area contributed by atoms with Gasteiger partial charge in [-0.15, -0.1) is 10.2 Å². The third-order valence-corrected chi connectivity index (χ3v) is 6.68. The van der Waals surface area contributed by atoms with Gasteiger partial charge in [-0.05, 0) is 51.8 Å². The summed E-state index contributed by atoms with van der Waals surface area (Å²) < 4.78 is 2.51. The van der Waals surface area contributed by atoms with Gasteiger partial charge in [-0.1, -0.05) is 35.2 Å². The monoisotopic (exact) mass is 416 g/mol. The Kier molecular flexibility index (Phi) is 6.04. The molecule has 28 heavy (non-hydrogen) atoms. The van der Waals surface area contributed by atoms with Crippen molar-refractivity contribution in [3.8, 4) is 0 Å². The second-order valence-corrected chi connectivity index (χ2v) is 9.23. The van der Waals surface area contributed by atoms with Gasteiger partial charge in [0.25, 0.3) is 0 Å². The van der Waals surface area contributed by atoms with E-state index >= 15 is 0 Å². The van der Waals surface area contributed by atoms with Crippen molar-refractivity contribution in [1.82, 2.24) is 20.0 Å². The molecule has 7 nitrogen and oxygen atoms in total. The number of nitrogens with one attached hydrogen (secondary N) is 2. The molecule has 9 heteroatoms. The van der Waals surface area contributed by atoms with Crippen LogP contribution in [0.2, 0.25) is 0 Å². The molecule has 0 fully saturated rings. The van der Waals surface area contributed by atoms with E-state index in [-0.39, 0.29) is 11.2 Å². The Hall–Kier alpha value is -2.39. The first-order valence-electron chi connectivity index (χ1n) is 8.90. The highest BCUT2D eigenvalue weighted by molar-refractivity contribution is 8.02. The van der Waals surface area contributed by atoms with Crippen molar-refractivity contribution in [2.75, 3.05) is 10.6 Å². The summed E-state index contributed by atoms with van der Waals surface area (Å²) >= 11 is 2.83. The maximum absolute atomic E-state index is 12.6. The average Bonchev–Trinajstić information content (AvgIpc) is 3.18. The van der Waals surface area contributed by atoms with E-state index < -0.39 is 0 Å². The molecule has 1 aromatic carbocycles. The molecule has 3 aromatic rings. The van der Waals surface area contributed by atoms with Crippen LogP contribution in [0.4, 0.5) is 16.5 Å². The SMILES string of the molecule is Cc1cccc(Nc2nnc(S[C@@H](C)C(=O)Nc3c(C)nn(C)c3C)s2)c1C. The number of nitrogens with zero attached hydrogens (tertiary/aromatic N) is 4. The Bertz CT molecular complexity index is 1010. The molecular formula is C19H24N6OS2. The van der Waals surface area contributed by atoms with Crippen LogP contribution >= 0.6 is 23.1 Å². The molecule has 1 atom stereocenters. The molecule has 0 aliphatic carbocycles. The standard InChI is InChI=1S/C19H24N6OS2/c1-10-8-7-9-15(11(10)2)20-18-22-23-19(28-18)27-14(5)17(26)21-16-12(3)24-25(6)13(16)4/h7-9,14H,1-6H3,(H,20,22)(H,21,26)/t14-/m0/s1. The normalized spacial score (nSPS) is 12.1. The van der Waals surface area contributed by atoms with Gasteiger partial charge in [0.1, 0.15) is 0 Å². The summed E-state index contributed by atoms with van der Waals surface area (Å²) in [6.45, 7) is 9.83. The van der Waals surface area contributed by atoms with Gasteiger partial charge in [0.15, 0.2) is 4.34 Å². The number of carbonyl (C=O) groups is 1. The van der Waals surface area contributed by atoms with Crippen LogP contribution in [0, 0.1) is 27.7 Å². The van der Waals surface area contributed by atoms with Crippen molar-refractivity contribution in [2.45, 2.75) is 44.2 Å². The van der Waals surface area contributed by atoms with Crippen molar-refractivity contribution in [3.63, 3.8) is 0 Å². The van der Waals surface area contributed by atoms with Gasteiger partial charge in [-0.25, -0.2) is 0 Å². The molecule has 3 rings (SSSR count). The molecule has 0 saturated heterocycles. The van der Waals surface area contributed by atoms with Crippen LogP contribution in [0.1, 0.15) is 29.4 Å². The van der Waals surface area contributed by atoms with Crippen LogP contribution in [0.3, 0.4) is 0 Å². The van der Waals surface area contributed by atoms with Gasteiger partial charge >= 0.3 is 0 Å². The number of benzene rings is 1. The zero-order valence-corrected chi connectivity index (χ0v) is 18.5. The van der Waals surface area contributed by atoms with Crippen LogP contribution < -0.4 is 10.6 Å². The smallest absolute Gasteiger partial charge is 0.237 e. The van der Waals surface area contributed by atoms with Gasteiger partial charge in [0, 0.05) is 12.7 Å². The number of hydrogen-bond donors (Lipinski definition) is 2. The highest BCUT2D eigenvalue weighted by Crippen LogP contribution is 2.32. The molecule has 0 aliphatic heterocycles. The molecule has 1 amide bonds. The zero-order valence-electron chi connectivity index (χ0n) is 16.8. The van der Waals surface area contributed by atoms with Crippen molar-refractivity contribution in [1.29, 1.82) is 0 Å². The number of aryl methyl sites for hydroxylation is 3. The summed E-state index contributed by atoms with van der Waals surface area (Å²) in [5.74, 6) is -0.0802. The molecule has 2 N–H and O–H groups in total. The molecule has 0 unspecified atom stereocenters. The predicted octanol–water partition coefficient (Wildman–Crippen LogP) is 4.37. The zero-order chi connectivity index (χ0) is 20.4. The Labute approximate surface area is 173 Å². The van der Waals surface area contributed by atoms with E-state index in [0.717, 1.165) is 27.1 Å². The fraction of sp³-hybridized carbons (Fsp3) is 0.368. The molecule has 148 valence electrons. The van der Waals surface area contributed by atoms with Gasteiger partial charge in [-0.3, -0.25) is 9.48 Å². The van der Waals surface area contributed by atoms with E-state index in [1.165, 1.54) is 34.2 Å². The summed E-state index contributed by atoms with van der Waals surface area (Å²) in [5, 5.41) is 19.4. The number of rotatable bonds is 6. The first kappa shape index (κ1) is 20.3. The number of thioether (sulfide) groups is 1. The van der Waals surface area contributed by atoms with Gasteiger partial charge < -0.3 is 10.6 Å². The van der Waals surface area contributed by atoms with Crippen molar-refractivity contribution < 1.29 is 4.79 Å². The summed E-state index contributed by atoms with van der Waals surface area (Å²) in [6, 6.07) is 6.11. The number of aromatic nitrogens is 4. The third kappa shape index (κ3) is 4.36. The van der Waals surface area contributed by atoms with Crippen LogP contribution in [0.25, 0.3) is 0 Å². The maximum Gasteiger partial charge on any atom is 0.237 e. The molecule has 0 bridgehead atoms. The minimum Gasteiger partial charge on any atom is -0.330 e. The summed E-state index contributed by atoms with van der Waals surface area (Å²) in [5.41, 5.74) is 5.92. The van der Waals surface area contributed by atoms with Crippen LogP contribution in [0.15, 0.2) is 22.5 Å². The number of anilines is 3. The Morgan fingerprint density at radius 1 is 1.21 bits per heavy atom. The van der Waals surface area contributed by atoms with E-state index in [4.69, 9.17) is 0 Å². The highest BCUT2D eigenvalue weighted by atomic mass is 32.2. The second-order valence-electron chi connectivity index (χ2n) is 6.66. The summed E-state index contributed by atoms with van der Waals surface area (Å²) in [4.78, 5) is 12.6. The van der Waals surface area contributed by atoms with Gasteiger partial charge in [0.2, 0.25) is 11.0 Å². The van der Waals surface area contributed by atoms with Crippen LogP contribution in [-0.2, 0) is 11.8 Å². The van der Waals surface area contributed by atoms with Gasteiger partial charge in [0.05, 0.1) is 22.3 Å². The highest BCUT2D eigenvalue weighted by Gasteiger charge is 2.20. The first-order valence-corrected chi connectivity index (χ1v) is 10.6. The third-order valence-electron chi connectivity index (χ3n) is 4.66. The predicted molar refractivity (Wildman–Crippen MR) is 116 cm³/mol. The van der Waals surface area contributed by atoms with E-state index in [1.54, 1.807) is 4.68 Å². The lowest BCUT2D eigenvalue weighted by atomic mass is 10.1. The molecule has 2 heterocycles. The van der Waals surface area contributed by atoms with E-state index in [9.17, 15) is 4.79 Å². The number of amides is 1. The molecule has 0 aliphatic rings. The topological polar surface area (TPSA) is 84.7 Å². The van der Waals surface area contributed by atoms with Crippen LogP contribution in [0.5, 0.6) is 0 Å². The largest absolute Gasteiger partial charge is 0.330 e. The fourth-order valence-corrected chi connectivity index (χ4v) is 4.60. The fourth-order valence-electron chi connectivity index (χ4n) is 2.69. The molecule has 0 spiro atoms. The average molecular weight is 417 g/mol. The Morgan fingerprint density at radius 3 is 2.64 bits per heavy atom. The Morgan fingerprint density at radius 2 is 1.96 bits per heavy atom. The molecular weight excluding hydrogens is 392 g/mol. The van der Waals surface area contributed by atoms with Crippen LogP contribution in [-0.4, -0.2) is 31.1 Å². The molecule has 0 radical (unpaired) electrons. The second kappa shape index (κ2) is 8.32. The summed E-state index contributed by atoms with van der Waals surface area (Å²) in [6.07, 6.45) is 0. The number of carbonyl (C=O) groups excluding carboxylic acids is 1. The molecule has 2 aromatic heterocycles. The lowest BCUT2D eigenvalue weighted by Crippen LogP contribution is -2.23. The minimum absolute atomic E-state index is 0.0802. The minimum atomic E-state index is -0.305. The van der Waals surface area contributed by atoms with Crippen molar-refractivity contribution in [3.05, 3.63) is 40.7 Å². The van der Waals surface area contributed by atoms with Gasteiger partial charge in [-0.2, -0.15) is 5.10 Å². The van der Waals surface area contributed by atoms with E-state index in [0.29, 0.717) is 5.13 Å². The van der Waals surface area contributed by atoms with E-state index in [2.05, 4.69) is 45.8 Å². The lowest BCUT2D eigenvalue weighted by Gasteiger charge is -2.10. The Balaban J connectivity index is 1.64. The first-order chi connectivity index (χ1) is 13.3. The van der Waals surface area contributed by atoms with Crippen molar-refractivity contribution in [2.24, 2.45) is 7.05 Å². The van der Waals surface area contributed by atoms with E-state index in [1.807, 2.05) is 40.0 Å². The quantitative estimate of drug-likeness (QED) is 0.581. The number of hydrogen-bond acceptors (Lipinski definition) is 7. The summed E-state index contributed by atoms with van der Waals surface area (Å²) in [7, 11) is 1.86. The molecule has 0 saturated carbocycles. The lowest BCUT2D eigenvalue weighted by molar-refractivity contribution is -0.115. The maximum atomic E-state index is 12.6.